The van der Waals surface area contributed by atoms with Gasteiger partial charge in [0.1, 0.15) is 11.5 Å². The molecule has 0 N–H and O–H groups in total. The fourth-order valence-electron chi connectivity index (χ4n) is 1.87. The number of rotatable bonds is 3. The third-order valence-electron chi connectivity index (χ3n) is 2.95. The van der Waals surface area contributed by atoms with Gasteiger partial charge in [-0.1, -0.05) is 18.2 Å². The number of ether oxygens (including phenoxy) is 1. The van der Waals surface area contributed by atoms with Crippen LogP contribution in [0.3, 0.4) is 0 Å². The van der Waals surface area contributed by atoms with E-state index in [1.807, 2.05) is 32.0 Å². The molecule has 0 saturated heterocycles. The Balaban J connectivity index is 2.41. The highest BCUT2D eigenvalue weighted by Crippen LogP contribution is 2.34. The van der Waals surface area contributed by atoms with E-state index in [4.69, 9.17) is 4.74 Å². The summed E-state index contributed by atoms with van der Waals surface area (Å²) in [6, 6.07) is 10.7. The number of para-hydroxylation sites is 1. The predicted molar refractivity (Wildman–Crippen MR) is 83.2 cm³/mol. The van der Waals surface area contributed by atoms with Gasteiger partial charge in [0.25, 0.3) is 0 Å². The first-order valence-corrected chi connectivity index (χ1v) is 8.71. The topological polar surface area (TPSA) is 43.4 Å². The van der Waals surface area contributed by atoms with Crippen LogP contribution in [0.25, 0.3) is 0 Å². The van der Waals surface area contributed by atoms with Crippen molar-refractivity contribution in [1.29, 1.82) is 0 Å². The highest BCUT2D eigenvalue weighted by molar-refractivity contribution is 9.10. The lowest BCUT2D eigenvalue weighted by Crippen LogP contribution is -1.98. The minimum absolute atomic E-state index is 0.262. The van der Waals surface area contributed by atoms with Gasteiger partial charge in [0, 0.05) is 6.26 Å². The molecule has 0 spiro atoms. The third kappa shape index (κ3) is 3.22. The molecule has 0 aromatic heterocycles. The summed E-state index contributed by atoms with van der Waals surface area (Å²) in [5.74, 6) is 1.38. The van der Waals surface area contributed by atoms with Crippen LogP contribution in [0.15, 0.2) is 45.8 Å². The van der Waals surface area contributed by atoms with E-state index < -0.39 is 9.84 Å². The van der Waals surface area contributed by atoms with Crippen molar-refractivity contribution < 1.29 is 13.2 Å². The Morgan fingerprint density at radius 3 is 2.15 bits per heavy atom. The van der Waals surface area contributed by atoms with Crippen LogP contribution in [0.4, 0.5) is 0 Å². The zero-order valence-electron chi connectivity index (χ0n) is 11.5. The highest BCUT2D eigenvalue weighted by atomic mass is 79.9. The van der Waals surface area contributed by atoms with E-state index in [1.165, 1.54) is 6.26 Å². The van der Waals surface area contributed by atoms with E-state index in [0.29, 0.717) is 10.2 Å². The normalized spacial score (nSPS) is 11.4. The van der Waals surface area contributed by atoms with E-state index in [1.54, 1.807) is 18.2 Å². The largest absolute Gasteiger partial charge is 0.456 e. The van der Waals surface area contributed by atoms with Crippen LogP contribution in [-0.4, -0.2) is 14.7 Å². The van der Waals surface area contributed by atoms with E-state index in [-0.39, 0.29) is 4.90 Å². The second kappa shape index (κ2) is 5.58. The monoisotopic (exact) mass is 354 g/mol. The Hall–Kier alpha value is -1.33. The molecule has 0 radical (unpaired) electrons. The molecule has 0 aliphatic carbocycles. The summed E-state index contributed by atoms with van der Waals surface area (Å²) in [4.78, 5) is 0.262. The number of sulfone groups is 1. The van der Waals surface area contributed by atoms with Crippen molar-refractivity contribution in [3.05, 3.63) is 52.0 Å². The number of aryl methyl sites for hydroxylation is 2. The molecular weight excluding hydrogens is 340 g/mol. The number of halogens is 1. The molecule has 0 aliphatic rings. The molecule has 0 amide bonds. The summed E-state index contributed by atoms with van der Waals surface area (Å²) < 4.78 is 29.5. The van der Waals surface area contributed by atoms with Gasteiger partial charge in [-0.2, -0.15) is 0 Å². The zero-order chi connectivity index (χ0) is 14.9. The van der Waals surface area contributed by atoms with Gasteiger partial charge in [0.15, 0.2) is 9.84 Å². The Kier molecular flexibility index (Phi) is 4.20. The molecule has 0 fully saturated rings. The summed E-state index contributed by atoms with van der Waals surface area (Å²) in [5, 5.41) is 0. The number of hydrogen-bond acceptors (Lipinski definition) is 3. The summed E-state index contributed by atoms with van der Waals surface area (Å²) in [7, 11) is -3.22. The van der Waals surface area contributed by atoms with Crippen LogP contribution in [0, 0.1) is 13.8 Å². The van der Waals surface area contributed by atoms with E-state index in [0.717, 1.165) is 16.9 Å². The second-order valence-electron chi connectivity index (χ2n) is 4.69. The van der Waals surface area contributed by atoms with Gasteiger partial charge in [0.05, 0.1) is 9.37 Å². The van der Waals surface area contributed by atoms with Gasteiger partial charge >= 0.3 is 0 Å². The lowest BCUT2D eigenvalue weighted by atomic mass is 10.1. The molecule has 106 valence electrons. The zero-order valence-corrected chi connectivity index (χ0v) is 13.9. The lowest BCUT2D eigenvalue weighted by Gasteiger charge is -2.13. The molecule has 0 aliphatic heterocycles. The molecule has 0 saturated carbocycles. The average molecular weight is 355 g/mol. The van der Waals surface area contributed by atoms with Crippen LogP contribution in [-0.2, 0) is 9.84 Å². The standard InChI is InChI=1S/C15H15BrO3S/c1-10-5-4-6-11(2)15(10)19-14-8-7-12(9-13(14)16)20(3,17)18/h4-9H,1-3H3. The van der Waals surface area contributed by atoms with Gasteiger partial charge in [0.2, 0.25) is 0 Å². The first-order valence-electron chi connectivity index (χ1n) is 6.02. The number of benzene rings is 2. The first kappa shape index (κ1) is 15.1. The van der Waals surface area contributed by atoms with Crippen molar-refractivity contribution in [1.82, 2.24) is 0 Å². The quantitative estimate of drug-likeness (QED) is 0.826. The SMILES string of the molecule is Cc1cccc(C)c1Oc1ccc(S(C)(=O)=O)cc1Br. The van der Waals surface area contributed by atoms with Crippen LogP contribution in [0.5, 0.6) is 11.5 Å². The molecule has 20 heavy (non-hydrogen) atoms. The van der Waals surface area contributed by atoms with Crippen molar-refractivity contribution in [2.24, 2.45) is 0 Å². The van der Waals surface area contributed by atoms with Crippen LogP contribution in [0.2, 0.25) is 0 Å². The number of hydrogen-bond donors (Lipinski definition) is 0. The van der Waals surface area contributed by atoms with Gasteiger partial charge < -0.3 is 4.74 Å². The summed E-state index contributed by atoms with van der Waals surface area (Å²) in [5.41, 5.74) is 2.06. The molecular formula is C15H15BrO3S. The van der Waals surface area contributed by atoms with Crippen molar-refractivity contribution in [2.75, 3.05) is 6.26 Å². The van der Waals surface area contributed by atoms with Crippen LogP contribution in [0.1, 0.15) is 11.1 Å². The van der Waals surface area contributed by atoms with E-state index in [9.17, 15) is 8.42 Å². The summed E-state index contributed by atoms with van der Waals surface area (Å²) in [6.07, 6.45) is 1.18. The highest BCUT2D eigenvalue weighted by Gasteiger charge is 2.12. The van der Waals surface area contributed by atoms with Crippen LogP contribution >= 0.6 is 15.9 Å². The van der Waals surface area contributed by atoms with Gasteiger partial charge in [-0.3, -0.25) is 0 Å². The van der Waals surface area contributed by atoms with E-state index in [2.05, 4.69) is 15.9 Å². The fourth-order valence-corrected chi connectivity index (χ4v) is 3.12. The molecule has 0 unspecified atom stereocenters. The smallest absolute Gasteiger partial charge is 0.175 e. The van der Waals surface area contributed by atoms with Crippen molar-refractivity contribution in [3.8, 4) is 11.5 Å². The summed E-state index contributed by atoms with van der Waals surface area (Å²) >= 11 is 3.36. The Morgan fingerprint density at radius 1 is 1.05 bits per heavy atom. The maximum Gasteiger partial charge on any atom is 0.175 e. The van der Waals surface area contributed by atoms with Crippen molar-refractivity contribution in [2.45, 2.75) is 18.7 Å². The molecule has 0 atom stereocenters. The Bertz CT molecular complexity index is 731. The minimum atomic E-state index is -3.22. The molecule has 3 nitrogen and oxygen atoms in total. The van der Waals surface area contributed by atoms with Gasteiger partial charge in [-0.05, 0) is 59.1 Å². The molecule has 0 heterocycles. The van der Waals surface area contributed by atoms with Gasteiger partial charge in [-0.25, -0.2) is 8.42 Å². The lowest BCUT2D eigenvalue weighted by molar-refractivity contribution is 0.471. The molecule has 0 bridgehead atoms. The molecule has 2 aromatic carbocycles. The van der Waals surface area contributed by atoms with Crippen LogP contribution < -0.4 is 4.74 Å². The van der Waals surface area contributed by atoms with E-state index >= 15 is 0 Å². The average Bonchev–Trinajstić information content (AvgIpc) is 2.34. The predicted octanol–water partition coefficient (Wildman–Crippen LogP) is 4.26. The second-order valence-corrected chi connectivity index (χ2v) is 7.56. The van der Waals surface area contributed by atoms with Crippen molar-refractivity contribution in [3.63, 3.8) is 0 Å². The maximum absolute atomic E-state index is 11.5. The third-order valence-corrected chi connectivity index (χ3v) is 4.68. The summed E-state index contributed by atoms with van der Waals surface area (Å²) in [6.45, 7) is 3.95. The Labute approximate surface area is 127 Å². The molecule has 2 aromatic rings. The molecule has 5 heteroatoms. The fraction of sp³-hybridized carbons (Fsp3) is 0.200. The van der Waals surface area contributed by atoms with Crippen molar-refractivity contribution >= 4 is 25.8 Å². The molecule has 2 rings (SSSR count). The van der Waals surface area contributed by atoms with Gasteiger partial charge in [-0.15, -0.1) is 0 Å². The maximum atomic E-state index is 11.5. The Morgan fingerprint density at radius 2 is 1.65 bits per heavy atom. The minimum Gasteiger partial charge on any atom is -0.456 e. The first-order chi connectivity index (χ1) is 9.29.